The Bertz CT molecular complexity index is 1290. The smallest absolute Gasteiger partial charge is 0.323 e. The molecule has 206 valence electrons. The summed E-state index contributed by atoms with van der Waals surface area (Å²) in [7, 11) is 4.79. The van der Waals surface area contributed by atoms with E-state index < -0.39 is 58.8 Å². The highest BCUT2D eigenvalue weighted by Gasteiger charge is 2.77. The lowest BCUT2D eigenvalue weighted by Crippen LogP contribution is -2.58. The van der Waals surface area contributed by atoms with Crippen molar-refractivity contribution in [1.82, 2.24) is 4.90 Å². The maximum Gasteiger partial charge on any atom is 0.323 e. The largest absolute Gasteiger partial charge is 0.497 e. The van der Waals surface area contributed by atoms with E-state index in [9.17, 15) is 24.0 Å². The van der Waals surface area contributed by atoms with Crippen molar-refractivity contribution in [2.75, 3.05) is 28.4 Å². The Kier molecular flexibility index (Phi) is 7.70. The summed E-state index contributed by atoms with van der Waals surface area (Å²) in [5.74, 6) is -6.11. The first-order valence-corrected chi connectivity index (χ1v) is 12.5. The summed E-state index contributed by atoms with van der Waals surface area (Å²) in [5, 5.41) is 0.472. The number of amides is 2. The molecule has 2 aromatic carbocycles. The highest BCUT2D eigenvalue weighted by Crippen LogP contribution is 2.65. The lowest BCUT2D eigenvalue weighted by atomic mass is 9.67. The zero-order valence-corrected chi connectivity index (χ0v) is 22.7. The molecule has 1 heterocycles. The molecule has 0 radical (unpaired) electrons. The van der Waals surface area contributed by atoms with Crippen LogP contribution in [0.2, 0.25) is 5.02 Å². The van der Waals surface area contributed by atoms with Gasteiger partial charge in [0.25, 0.3) is 0 Å². The normalized spacial score (nSPS) is 23.6. The number of ether oxygens (including phenoxy) is 4. The molecule has 3 atom stereocenters. The number of benzene rings is 2. The van der Waals surface area contributed by atoms with Crippen LogP contribution in [0.1, 0.15) is 29.9 Å². The monoisotopic (exact) mass is 557 g/mol. The van der Waals surface area contributed by atoms with E-state index in [1.165, 1.54) is 7.11 Å². The summed E-state index contributed by atoms with van der Waals surface area (Å²) in [6.45, 7) is -0.142. The minimum atomic E-state index is -2.12. The van der Waals surface area contributed by atoms with Crippen LogP contribution in [0, 0.1) is 16.7 Å². The number of fused-ring (bicyclic) bond motifs is 1. The predicted octanol–water partition coefficient (Wildman–Crippen LogP) is 2.90. The molecule has 4 rings (SSSR count). The number of hydrogen-bond acceptors (Lipinski definition) is 9. The van der Waals surface area contributed by atoms with Crippen LogP contribution in [0.4, 0.5) is 0 Å². The van der Waals surface area contributed by atoms with E-state index in [-0.39, 0.29) is 13.0 Å². The van der Waals surface area contributed by atoms with Gasteiger partial charge in [-0.05, 0) is 35.4 Å². The fraction of sp³-hybridized carbons (Fsp3) is 0.393. The molecule has 0 spiro atoms. The van der Waals surface area contributed by atoms with Gasteiger partial charge >= 0.3 is 17.9 Å². The number of methoxy groups -OCH3 is 4. The summed E-state index contributed by atoms with van der Waals surface area (Å²) in [6, 6.07) is 13.0. The van der Waals surface area contributed by atoms with E-state index in [1.807, 2.05) is 0 Å². The maximum atomic E-state index is 14.3. The Hall–Kier alpha value is -3.92. The van der Waals surface area contributed by atoms with Gasteiger partial charge in [-0.1, -0.05) is 35.9 Å². The molecular weight excluding hydrogens is 530 g/mol. The number of carbonyl (C=O) groups is 5. The summed E-state index contributed by atoms with van der Waals surface area (Å²) in [4.78, 5) is 69.3. The Balaban J connectivity index is 1.94. The number of carbonyl (C=O) groups excluding carboxylic acids is 5. The van der Waals surface area contributed by atoms with Gasteiger partial charge in [-0.25, -0.2) is 0 Å². The van der Waals surface area contributed by atoms with Crippen LogP contribution in [0.25, 0.3) is 0 Å². The number of esters is 3. The topological polar surface area (TPSA) is 126 Å². The zero-order chi connectivity index (χ0) is 28.5. The number of halogens is 1. The van der Waals surface area contributed by atoms with Crippen molar-refractivity contribution in [3.63, 3.8) is 0 Å². The quantitative estimate of drug-likeness (QED) is 0.218. The van der Waals surface area contributed by atoms with Gasteiger partial charge in [-0.15, -0.1) is 0 Å². The third-order valence-electron chi connectivity index (χ3n) is 7.82. The lowest BCUT2D eigenvalue weighted by molar-refractivity contribution is -0.175. The number of piperidine rings is 1. The van der Waals surface area contributed by atoms with E-state index in [1.54, 1.807) is 48.5 Å². The van der Waals surface area contributed by atoms with Crippen molar-refractivity contribution in [3.05, 3.63) is 64.7 Å². The summed E-state index contributed by atoms with van der Waals surface area (Å²) >= 11 is 5.97. The minimum Gasteiger partial charge on any atom is -0.497 e. The molecule has 1 aliphatic carbocycles. The van der Waals surface area contributed by atoms with Crippen molar-refractivity contribution < 1.29 is 42.9 Å². The Morgan fingerprint density at radius 2 is 1.44 bits per heavy atom. The van der Waals surface area contributed by atoms with Gasteiger partial charge in [-0.2, -0.15) is 0 Å². The van der Waals surface area contributed by atoms with Crippen molar-refractivity contribution in [2.45, 2.75) is 25.3 Å². The third kappa shape index (κ3) is 4.32. The molecule has 0 N–H and O–H groups in total. The number of nitrogens with zero attached hydrogens (tertiary/aromatic N) is 1. The number of likely N-dealkylation sites (tertiary alicyclic amines) is 1. The first kappa shape index (κ1) is 28.1. The minimum absolute atomic E-state index is 0.142. The van der Waals surface area contributed by atoms with Gasteiger partial charge in [0.05, 0.1) is 35.0 Å². The standard InChI is InChI=1S/C28H28ClNO9/c1-36-19-11-7-17(8-12-19)22-20-13-21(31)30(14-16-5-9-18(29)10-6-16)23(32)27(20,24(33)37-2)15-28(22,25(34)38-3)26(35)39-4/h5-12,20,22H,13-15H2,1-4H3/t20-,22-,27-/m0/s1. The Labute approximate surface area is 230 Å². The summed E-state index contributed by atoms with van der Waals surface area (Å²) in [5.41, 5.74) is -3.16. The van der Waals surface area contributed by atoms with Crippen molar-refractivity contribution >= 4 is 41.3 Å². The molecule has 2 aromatic rings. The molecule has 39 heavy (non-hydrogen) atoms. The average molecular weight is 558 g/mol. The molecule has 1 aliphatic heterocycles. The second kappa shape index (κ2) is 10.7. The average Bonchev–Trinajstić information content (AvgIpc) is 3.27. The zero-order valence-electron chi connectivity index (χ0n) is 21.9. The van der Waals surface area contributed by atoms with Crippen molar-refractivity contribution in [3.8, 4) is 5.75 Å². The van der Waals surface area contributed by atoms with E-state index >= 15 is 0 Å². The second-order valence-corrected chi connectivity index (χ2v) is 10.0. The second-order valence-electron chi connectivity index (χ2n) is 9.57. The molecule has 2 fully saturated rings. The van der Waals surface area contributed by atoms with Gasteiger partial charge in [0.1, 0.15) is 5.75 Å². The molecular formula is C28H28ClNO9. The van der Waals surface area contributed by atoms with Crippen LogP contribution in [-0.4, -0.2) is 63.1 Å². The highest BCUT2D eigenvalue weighted by atomic mass is 35.5. The van der Waals surface area contributed by atoms with Crippen LogP contribution in [-0.2, 0) is 44.7 Å². The molecule has 2 aliphatic rings. The molecule has 0 bridgehead atoms. The van der Waals surface area contributed by atoms with Gasteiger partial charge in [-0.3, -0.25) is 28.9 Å². The number of hydrogen-bond donors (Lipinski definition) is 0. The lowest BCUT2D eigenvalue weighted by Gasteiger charge is -2.41. The Morgan fingerprint density at radius 3 is 1.95 bits per heavy atom. The van der Waals surface area contributed by atoms with Gasteiger partial charge in [0, 0.05) is 29.7 Å². The molecule has 2 amide bonds. The molecule has 1 saturated carbocycles. The predicted molar refractivity (Wildman–Crippen MR) is 136 cm³/mol. The molecule has 0 unspecified atom stereocenters. The van der Waals surface area contributed by atoms with Gasteiger partial charge < -0.3 is 18.9 Å². The van der Waals surface area contributed by atoms with E-state index in [2.05, 4.69) is 0 Å². The van der Waals surface area contributed by atoms with Crippen LogP contribution in [0.3, 0.4) is 0 Å². The summed E-state index contributed by atoms with van der Waals surface area (Å²) in [6.07, 6.45) is -0.919. The van der Waals surface area contributed by atoms with E-state index in [0.717, 1.165) is 26.2 Å². The van der Waals surface area contributed by atoms with Crippen LogP contribution in [0.5, 0.6) is 5.75 Å². The van der Waals surface area contributed by atoms with E-state index in [0.29, 0.717) is 21.9 Å². The SMILES string of the molecule is COC(=O)C1(C(=O)OC)C[C@@]2(C(=O)OC)C(=O)N(Cc3ccc(Cl)cc3)C(=O)C[C@H]2[C@@H]1c1ccc(OC)cc1. The Morgan fingerprint density at radius 1 is 0.872 bits per heavy atom. The van der Waals surface area contributed by atoms with Crippen molar-refractivity contribution in [2.24, 2.45) is 16.7 Å². The van der Waals surface area contributed by atoms with Crippen molar-refractivity contribution in [1.29, 1.82) is 0 Å². The number of rotatable bonds is 7. The van der Waals surface area contributed by atoms with Gasteiger partial charge in [0.15, 0.2) is 10.8 Å². The first-order valence-electron chi connectivity index (χ1n) is 12.1. The highest BCUT2D eigenvalue weighted by molar-refractivity contribution is 6.30. The fourth-order valence-electron chi connectivity index (χ4n) is 6.09. The molecule has 10 nitrogen and oxygen atoms in total. The third-order valence-corrected chi connectivity index (χ3v) is 8.08. The van der Waals surface area contributed by atoms with E-state index in [4.69, 9.17) is 30.5 Å². The first-order chi connectivity index (χ1) is 18.6. The van der Waals surface area contributed by atoms with Crippen LogP contribution in [0.15, 0.2) is 48.5 Å². The molecule has 1 saturated heterocycles. The molecule has 11 heteroatoms. The maximum absolute atomic E-state index is 14.3. The van der Waals surface area contributed by atoms with Crippen LogP contribution < -0.4 is 4.74 Å². The van der Waals surface area contributed by atoms with Gasteiger partial charge in [0.2, 0.25) is 11.8 Å². The molecule has 0 aromatic heterocycles. The summed E-state index contributed by atoms with van der Waals surface area (Å²) < 4.78 is 20.5. The fourth-order valence-corrected chi connectivity index (χ4v) is 6.21. The van der Waals surface area contributed by atoms with Crippen LogP contribution >= 0.6 is 11.6 Å². The number of imide groups is 1.